The van der Waals surface area contributed by atoms with Crippen LogP contribution >= 0.6 is 11.6 Å². The number of aryl methyl sites for hydroxylation is 1. The summed E-state index contributed by atoms with van der Waals surface area (Å²) in [5.41, 5.74) is 0.726. The molecule has 1 atom stereocenters. The number of hydrogen-bond acceptors (Lipinski definition) is 4. The molecule has 0 radical (unpaired) electrons. The van der Waals surface area contributed by atoms with E-state index in [1.807, 2.05) is 26.0 Å². The van der Waals surface area contributed by atoms with E-state index < -0.39 is 4.92 Å². The molecule has 0 bridgehead atoms. The van der Waals surface area contributed by atoms with Gasteiger partial charge in [-0.05, 0) is 37.6 Å². The summed E-state index contributed by atoms with van der Waals surface area (Å²) in [5, 5.41) is 14.2. The lowest BCUT2D eigenvalue weighted by Crippen LogP contribution is -2.17. The zero-order valence-corrected chi connectivity index (χ0v) is 12.0. The van der Waals surface area contributed by atoms with Crippen molar-refractivity contribution in [1.82, 2.24) is 5.32 Å². The third-order valence-corrected chi connectivity index (χ3v) is 3.33. The fraction of sp³-hybridized carbons (Fsp3) is 0.286. The van der Waals surface area contributed by atoms with Gasteiger partial charge in [0.2, 0.25) is 0 Å². The molecule has 1 N–H and O–H groups in total. The van der Waals surface area contributed by atoms with Crippen molar-refractivity contribution >= 4 is 17.3 Å². The van der Waals surface area contributed by atoms with Gasteiger partial charge in [0.05, 0.1) is 11.0 Å². The molecule has 0 aliphatic carbocycles. The first-order chi connectivity index (χ1) is 9.47. The Morgan fingerprint density at radius 3 is 2.75 bits per heavy atom. The van der Waals surface area contributed by atoms with Crippen molar-refractivity contribution in [3.8, 4) is 0 Å². The summed E-state index contributed by atoms with van der Waals surface area (Å²) in [5.74, 6) is 1.70. The van der Waals surface area contributed by atoms with Gasteiger partial charge in [-0.3, -0.25) is 10.1 Å². The van der Waals surface area contributed by atoms with Gasteiger partial charge in [-0.25, -0.2) is 0 Å². The zero-order valence-electron chi connectivity index (χ0n) is 11.2. The summed E-state index contributed by atoms with van der Waals surface area (Å²) in [6, 6.07) is 8.63. The molecule has 0 saturated heterocycles. The third-order valence-electron chi connectivity index (χ3n) is 3.01. The minimum absolute atomic E-state index is 0.0263. The van der Waals surface area contributed by atoms with Crippen LogP contribution in [0.1, 0.15) is 30.0 Å². The van der Waals surface area contributed by atoms with Crippen LogP contribution in [0.2, 0.25) is 5.02 Å². The summed E-state index contributed by atoms with van der Waals surface area (Å²) in [4.78, 5) is 10.3. The standard InChI is InChI=1S/C14H15ClN2O3/c1-9-3-6-14(20-9)10(2)16-8-11-4-5-12(15)13(7-11)17(18)19/h3-7,10,16H,8H2,1-2H3. The van der Waals surface area contributed by atoms with Crippen LogP contribution in [0.15, 0.2) is 34.7 Å². The number of nitro benzene ring substituents is 1. The molecule has 6 heteroatoms. The summed E-state index contributed by atoms with van der Waals surface area (Å²) in [7, 11) is 0. The highest BCUT2D eigenvalue weighted by atomic mass is 35.5. The normalized spacial score (nSPS) is 12.3. The van der Waals surface area contributed by atoms with Gasteiger partial charge in [0.25, 0.3) is 5.69 Å². The highest BCUT2D eigenvalue weighted by Crippen LogP contribution is 2.25. The van der Waals surface area contributed by atoms with Crippen molar-refractivity contribution in [2.24, 2.45) is 0 Å². The Morgan fingerprint density at radius 1 is 1.40 bits per heavy atom. The summed E-state index contributed by atoms with van der Waals surface area (Å²) >= 11 is 5.78. The molecular formula is C14H15ClN2O3. The maximum Gasteiger partial charge on any atom is 0.288 e. The van der Waals surface area contributed by atoms with Gasteiger partial charge in [0, 0.05) is 12.6 Å². The minimum Gasteiger partial charge on any atom is -0.465 e. The number of furan rings is 1. The van der Waals surface area contributed by atoms with Gasteiger partial charge in [-0.2, -0.15) is 0 Å². The average Bonchev–Trinajstić information content (AvgIpc) is 2.84. The van der Waals surface area contributed by atoms with Crippen LogP contribution in [-0.2, 0) is 6.54 Å². The molecule has 106 valence electrons. The molecule has 0 saturated carbocycles. The lowest BCUT2D eigenvalue weighted by molar-refractivity contribution is -0.384. The number of benzene rings is 1. The summed E-state index contributed by atoms with van der Waals surface area (Å²) in [6.45, 7) is 4.36. The molecule has 1 unspecified atom stereocenters. The van der Waals surface area contributed by atoms with Gasteiger partial charge < -0.3 is 9.73 Å². The largest absolute Gasteiger partial charge is 0.465 e. The molecule has 2 aromatic rings. The van der Waals surface area contributed by atoms with E-state index in [1.54, 1.807) is 12.1 Å². The maximum atomic E-state index is 10.8. The zero-order chi connectivity index (χ0) is 14.7. The van der Waals surface area contributed by atoms with E-state index in [0.29, 0.717) is 6.54 Å². The predicted molar refractivity (Wildman–Crippen MR) is 76.8 cm³/mol. The van der Waals surface area contributed by atoms with Crippen molar-refractivity contribution in [3.05, 3.63) is 62.6 Å². The molecule has 0 aliphatic heterocycles. The third kappa shape index (κ3) is 3.37. The first-order valence-corrected chi connectivity index (χ1v) is 6.57. The molecule has 5 nitrogen and oxygen atoms in total. The van der Waals surface area contributed by atoms with Crippen LogP contribution in [0.3, 0.4) is 0 Å². The molecule has 20 heavy (non-hydrogen) atoms. The van der Waals surface area contributed by atoms with E-state index in [-0.39, 0.29) is 16.8 Å². The van der Waals surface area contributed by atoms with E-state index in [2.05, 4.69) is 5.32 Å². The second-order valence-corrected chi connectivity index (χ2v) is 5.00. The van der Waals surface area contributed by atoms with E-state index in [1.165, 1.54) is 6.07 Å². The van der Waals surface area contributed by atoms with E-state index in [0.717, 1.165) is 17.1 Å². The highest BCUT2D eigenvalue weighted by Gasteiger charge is 2.14. The lowest BCUT2D eigenvalue weighted by atomic mass is 10.2. The Hall–Kier alpha value is -1.85. The van der Waals surface area contributed by atoms with Crippen LogP contribution < -0.4 is 5.32 Å². The molecule has 0 fully saturated rings. The SMILES string of the molecule is Cc1ccc(C(C)NCc2ccc(Cl)c([N+](=O)[O-])c2)o1. The summed E-state index contributed by atoms with van der Waals surface area (Å²) < 4.78 is 5.52. The van der Waals surface area contributed by atoms with Crippen molar-refractivity contribution in [1.29, 1.82) is 0 Å². The fourth-order valence-corrected chi connectivity index (χ4v) is 2.05. The van der Waals surface area contributed by atoms with Crippen molar-refractivity contribution in [2.45, 2.75) is 26.4 Å². The van der Waals surface area contributed by atoms with Gasteiger partial charge in [0.1, 0.15) is 16.5 Å². The quantitative estimate of drug-likeness (QED) is 0.668. The van der Waals surface area contributed by atoms with Gasteiger partial charge >= 0.3 is 0 Å². The van der Waals surface area contributed by atoms with Crippen LogP contribution in [0.25, 0.3) is 0 Å². The predicted octanol–water partition coefficient (Wildman–Crippen LogP) is 4.00. The van der Waals surface area contributed by atoms with E-state index in [4.69, 9.17) is 16.0 Å². The van der Waals surface area contributed by atoms with Crippen LogP contribution in [0, 0.1) is 17.0 Å². The van der Waals surface area contributed by atoms with Crippen molar-refractivity contribution in [2.75, 3.05) is 0 Å². The Morgan fingerprint density at radius 2 is 2.15 bits per heavy atom. The van der Waals surface area contributed by atoms with E-state index in [9.17, 15) is 10.1 Å². The average molecular weight is 295 g/mol. The number of rotatable bonds is 5. The Labute approximate surface area is 121 Å². The Kier molecular flexibility index (Phi) is 4.42. The first-order valence-electron chi connectivity index (χ1n) is 6.20. The fourth-order valence-electron chi connectivity index (χ4n) is 1.87. The number of nitrogens with one attached hydrogen (secondary N) is 1. The molecule has 2 rings (SSSR count). The first kappa shape index (κ1) is 14.6. The lowest BCUT2D eigenvalue weighted by Gasteiger charge is -2.11. The maximum absolute atomic E-state index is 10.8. The van der Waals surface area contributed by atoms with Crippen LogP contribution in [0.4, 0.5) is 5.69 Å². The second kappa shape index (κ2) is 6.07. The number of hydrogen-bond donors (Lipinski definition) is 1. The minimum atomic E-state index is -0.481. The van der Waals surface area contributed by atoms with Crippen LogP contribution in [-0.4, -0.2) is 4.92 Å². The monoisotopic (exact) mass is 294 g/mol. The van der Waals surface area contributed by atoms with Gasteiger partial charge in [-0.1, -0.05) is 17.7 Å². The number of nitro groups is 1. The van der Waals surface area contributed by atoms with E-state index >= 15 is 0 Å². The molecule has 1 aromatic carbocycles. The molecule has 1 aromatic heterocycles. The van der Waals surface area contributed by atoms with Gasteiger partial charge in [0.15, 0.2) is 0 Å². The molecule has 0 amide bonds. The molecular weight excluding hydrogens is 280 g/mol. The Balaban J connectivity index is 2.04. The van der Waals surface area contributed by atoms with Gasteiger partial charge in [-0.15, -0.1) is 0 Å². The Bertz CT molecular complexity index is 625. The highest BCUT2D eigenvalue weighted by molar-refractivity contribution is 6.32. The topological polar surface area (TPSA) is 68.3 Å². The molecule has 0 spiro atoms. The number of nitrogens with zero attached hydrogens (tertiary/aromatic N) is 1. The van der Waals surface area contributed by atoms with Crippen molar-refractivity contribution < 1.29 is 9.34 Å². The van der Waals surface area contributed by atoms with Crippen molar-refractivity contribution in [3.63, 3.8) is 0 Å². The summed E-state index contributed by atoms with van der Waals surface area (Å²) in [6.07, 6.45) is 0. The van der Waals surface area contributed by atoms with Crippen LogP contribution in [0.5, 0.6) is 0 Å². The molecule has 0 aliphatic rings. The number of halogens is 1. The smallest absolute Gasteiger partial charge is 0.288 e. The second-order valence-electron chi connectivity index (χ2n) is 4.59. The molecule has 1 heterocycles.